The van der Waals surface area contributed by atoms with Gasteiger partial charge in [0.25, 0.3) is 11.8 Å². The molecule has 42 heavy (non-hydrogen) atoms. The third kappa shape index (κ3) is 7.70. The van der Waals surface area contributed by atoms with Crippen LogP contribution in [-0.2, 0) is 9.59 Å². The smallest absolute Gasteiger partial charge is 0.268 e. The maximum Gasteiger partial charge on any atom is 0.268 e. The summed E-state index contributed by atoms with van der Waals surface area (Å²) < 4.78 is 27.4. The van der Waals surface area contributed by atoms with Crippen molar-refractivity contribution < 1.29 is 23.2 Å². The van der Waals surface area contributed by atoms with Crippen LogP contribution in [0, 0.1) is 17.2 Å². The number of nitrogens with zero attached hydrogens (tertiary/aromatic N) is 6. The van der Waals surface area contributed by atoms with Crippen molar-refractivity contribution in [2.75, 3.05) is 64.3 Å². The molecule has 0 radical (unpaired) electrons. The van der Waals surface area contributed by atoms with E-state index in [0.29, 0.717) is 28.8 Å². The molecule has 1 aromatic heterocycles. The molecule has 2 saturated heterocycles. The van der Waals surface area contributed by atoms with Gasteiger partial charge in [-0.2, -0.15) is 5.26 Å². The van der Waals surface area contributed by atoms with Crippen LogP contribution in [0.4, 0.5) is 14.5 Å². The van der Waals surface area contributed by atoms with Gasteiger partial charge in [-0.15, -0.1) is 0 Å². The molecule has 1 aromatic carbocycles. The first-order chi connectivity index (χ1) is 20.0. The van der Waals surface area contributed by atoms with Crippen LogP contribution in [0.25, 0.3) is 10.9 Å². The summed E-state index contributed by atoms with van der Waals surface area (Å²) in [4.78, 5) is 49.5. The van der Waals surface area contributed by atoms with Crippen LogP contribution in [0.15, 0.2) is 30.5 Å². The Balaban J connectivity index is 1.31. The maximum atomic E-state index is 13.7. The quantitative estimate of drug-likeness (QED) is 0.458. The van der Waals surface area contributed by atoms with Gasteiger partial charge in [-0.05, 0) is 43.1 Å². The first-order valence-corrected chi connectivity index (χ1v) is 14.4. The molecular weight excluding hydrogens is 544 g/mol. The fourth-order valence-electron chi connectivity index (χ4n) is 5.48. The minimum atomic E-state index is -3.12. The number of alkyl halides is 2. The number of rotatable bonds is 10. The molecule has 3 heterocycles. The molecule has 0 bridgehead atoms. The van der Waals surface area contributed by atoms with E-state index in [1.54, 1.807) is 12.1 Å². The number of benzene rings is 1. The zero-order chi connectivity index (χ0) is 30.4. The molecule has 2 aromatic rings. The molecule has 1 N–H and O–H groups in total. The zero-order valence-electron chi connectivity index (χ0n) is 24.5. The standard InChI is InChI=1S/C30H39F2N7O3/c1-21(2)15-27(40)38-13-11-37(12-14-38)10-4-9-36(3)22-5-6-26-25(16-22)24(7-8-34-26)29(42)35-19-28(41)39-20-30(31,32)17-23(39)18-33/h5-8,16,21,23H,4,9-15,17,19-20H2,1-3H3,(H,35,42)/t23-/m0/s1. The molecule has 12 heteroatoms. The van der Waals surface area contributed by atoms with Crippen molar-refractivity contribution >= 4 is 34.3 Å². The number of carbonyl (C=O) groups excluding carboxylic acids is 3. The third-order valence-corrected chi connectivity index (χ3v) is 7.83. The highest BCUT2D eigenvalue weighted by Crippen LogP contribution is 2.31. The number of fused-ring (bicyclic) bond motifs is 1. The minimum Gasteiger partial charge on any atom is -0.375 e. The van der Waals surface area contributed by atoms with E-state index < -0.39 is 43.3 Å². The topological polar surface area (TPSA) is 113 Å². The lowest BCUT2D eigenvalue weighted by Gasteiger charge is -2.35. The van der Waals surface area contributed by atoms with Gasteiger partial charge in [-0.3, -0.25) is 24.3 Å². The number of pyridine rings is 1. The van der Waals surface area contributed by atoms with Crippen molar-refractivity contribution in [3.63, 3.8) is 0 Å². The van der Waals surface area contributed by atoms with Crippen LogP contribution >= 0.6 is 0 Å². The number of aromatic nitrogens is 1. The van der Waals surface area contributed by atoms with Crippen LogP contribution < -0.4 is 10.2 Å². The number of anilines is 1. The van der Waals surface area contributed by atoms with E-state index in [4.69, 9.17) is 5.26 Å². The van der Waals surface area contributed by atoms with Crippen LogP contribution in [0.1, 0.15) is 43.5 Å². The Morgan fingerprint density at radius 2 is 1.90 bits per heavy atom. The zero-order valence-corrected chi connectivity index (χ0v) is 24.5. The molecule has 2 aliphatic rings. The number of nitrogens with one attached hydrogen (secondary N) is 1. The molecule has 0 saturated carbocycles. The van der Waals surface area contributed by atoms with E-state index >= 15 is 0 Å². The second-order valence-electron chi connectivity index (χ2n) is 11.6. The van der Waals surface area contributed by atoms with E-state index in [1.807, 2.05) is 30.1 Å². The van der Waals surface area contributed by atoms with Gasteiger partial charge in [0.2, 0.25) is 11.8 Å². The lowest BCUT2D eigenvalue weighted by atomic mass is 10.1. The van der Waals surface area contributed by atoms with E-state index in [2.05, 4.69) is 33.9 Å². The van der Waals surface area contributed by atoms with Gasteiger partial charge < -0.3 is 20.0 Å². The number of carbonyl (C=O) groups is 3. The molecule has 2 fully saturated rings. The molecule has 2 aliphatic heterocycles. The normalized spacial score (nSPS) is 18.7. The van der Waals surface area contributed by atoms with Gasteiger partial charge in [0.05, 0.1) is 30.2 Å². The fraction of sp³-hybridized carbons (Fsp3) is 0.567. The SMILES string of the molecule is CC(C)CC(=O)N1CCN(CCCN(C)c2ccc3nccc(C(=O)NCC(=O)N4CC(F)(F)C[C@H]4C#N)c3c2)CC1. The van der Waals surface area contributed by atoms with Crippen LogP contribution in [0.5, 0.6) is 0 Å². The Hall–Kier alpha value is -3.85. The van der Waals surface area contributed by atoms with Gasteiger partial charge in [-0.25, -0.2) is 8.78 Å². The summed E-state index contributed by atoms with van der Waals surface area (Å²) in [5.41, 5.74) is 1.83. The van der Waals surface area contributed by atoms with Crippen molar-refractivity contribution in [3.8, 4) is 6.07 Å². The van der Waals surface area contributed by atoms with Crippen molar-refractivity contribution in [2.24, 2.45) is 5.92 Å². The Morgan fingerprint density at radius 1 is 1.17 bits per heavy atom. The number of hydrogen-bond donors (Lipinski definition) is 1. The fourth-order valence-corrected chi connectivity index (χ4v) is 5.48. The monoisotopic (exact) mass is 583 g/mol. The predicted molar refractivity (Wildman–Crippen MR) is 155 cm³/mol. The highest BCUT2D eigenvalue weighted by molar-refractivity contribution is 6.07. The average molecular weight is 584 g/mol. The molecule has 0 unspecified atom stereocenters. The van der Waals surface area contributed by atoms with Gasteiger partial charge in [0.15, 0.2) is 0 Å². The summed E-state index contributed by atoms with van der Waals surface area (Å²) in [5, 5.41) is 12.3. The van der Waals surface area contributed by atoms with Crippen molar-refractivity contribution in [1.29, 1.82) is 5.26 Å². The van der Waals surface area contributed by atoms with Gasteiger partial charge in [-0.1, -0.05) is 13.8 Å². The summed E-state index contributed by atoms with van der Waals surface area (Å²) in [5.74, 6) is -3.77. The molecule has 0 spiro atoms. The number of halogens is 2. The number of amides is 3. The van der Waals surface area contributed by atoms with Gasteiger partial charge in [0, 0.05) is 69.9 Å². The van der Waals surface area contributed by atoms with Gasteiger partial charge >= 0.3 is 0 Å². The first-order valence-electron chi connectivity index (χ1n) is 14.4. The van der Waals surface area contributed by atoms with Crippen LogP contribution in [0.2, 0.25) is 0 Å². The number of hydrogen-bond acceptors (Lipinski definition) is 7. The Kier molecular flexibility index (Phi) is 9.93. The maximum absolute atomic E-state index is 13.7. The van der Waals surface area contributed by atoms with Crippen LogP contribution in [0.3, 0.4) is 0 Å². The number of nitriles is 1. The predicted octanol–water partition coefficient (Wildman–Crippen LogP) is 2.74. The Morgan fingerprint density at radius 3 is 2.60 bits per heavy atom. The molecule has 226 valence electrons. The van der Waals surface area contributed by atoms with Crippen molar-refractivity contribution in [3.05, 3.63) is 36.0 Å². The lowest BCUT2D eigenvalue weighted by Crippen LogP contribution is -2.49. The molecular formula is C30H39F2N7O3. The van der Waals surface area contributed by atoms with E-state index in [9.17, 15) is 23.2 Å². The summed E-state index contributed by atoms with van der Waals surface area (Å²) in [6.45, 7) is 7.77. The highest BCUT2D eigenvalue weighted by Gasteiger charge is 2.47. The summed E-state index contributed by atoms with van der Waals surface area (Å²) >= 11 is 0. The third-order valence-electron chi connectivity index (χ3n) is 7.83. The van der Waals surface area contributed by atoms with Crippen molar-refractivity contribution in [2.45, 2.75) is 45.1 Å². The number of likely N-dealkylation sites (tertiary alicyclic amines) is 1. The summed E-state index contributed by atoms with van der Waals surface area (Å²) in [6, 6.07) is 7.73. The molecule has 10 nitrogen and oxygen atoms in total. The Labute approximate surface area is 245 Å². The number of piperazine rings is 1. The highest BCUT2D eigenvalue weighted by atomic mass is 19.3. The van der Waals surface area contributed by atoms with Gasteiger partial charge in [0.1, 0.15) is 6.04 Å². The first kappa shape index (κ1) is 31.1. The second kappa shape index (κ2) is 13.4. The largest absolute Gasteiger partial charge is 0.375 e. The average Bonchev–Trinajstić information content (AvgIpc) is 3.29. The summed E-state index contributed by atoms with van der Waals surface area (Å²) in [6.07, 6.45) is 2.32. The van der Waals surface area contributed by atoms with Crippen molar-refractivity contribution in [1.82, 2.24) is 25.0 Å². The Bertz CT molecular complexity index is 1340. The van der Waals surface area contributed by atoms with E-state index in [1.165, 1.54) is 6.20 Å². The molecule has 1 atom stereocenters. The molecule has 4 rings (SSSR count). The molecule has 0 aliphatic carbocycles. The van der Waals surface area contributed by atoms with E-state index in [0.717, 1.165) is 56.3 Å². The minimum absolute atomic E-state index is 0.235. The van der Waals surface area contributed by atoms with E-state index in [-0.39, 0.29) is 5.91 Å². The molecule has 3 amide bonds. The van der Waals surface area contributed by atoms with Crippen LogP contribution in [-0.4, -0.2) is 109 Å². The summed E-state index contributed by atoms with van der Waals surface area (Å²) in [7, 11) is 1.98. The lowest BCUT2D eigenvalue weighted by molar-refractivity contribution is -0.133. The second-order valence-corrected chi connectivity index (χ2v) is 11.6.